The Balaban J connectivity index is 1.80. The molecule has 0 atom stereocenters. The van der Waals surface area contributed by atoms with E-state index in [0.717, 1.165) is 24.1 Å². The number of para-hydroxylation sites is 1. The van der Waals surface area contributed by atoms with Crippen LogP contribution < -0.4 is 9.04 Å². The van der Waals surface area contributed by atoms with Gasteiger partial charge in [0.1, 0.15) is 5.75 Å². The summed E-state index contributed by atoms with van der Waals surface area (Å²) in [5.74, 6) is 0.430. The Morgan fingerprint density at radius 3 is 2.55 bits per heavy atom. The van der Waals surface area contributed by atoms with Crippen LogP contribution in [-0.4, -0.2) is 45.5 Å². The number of amides is 1. The number of ether oxygens (including phenoxy) is 1. The summed E-state index contributed by atoms with van der Waals surface area (Å²) in [7, 11) is -3.66. The van der Waals surface area contributed by atoms with E-state index in [2.05, 4.69) is 0 Å². The minimum atomic E-state index is -3.66. The van der Waals surface area contributed by atoms with Crippen LogP contribution in [0.15, 0.2) is 47.4 Å². The molecular weight excluding hydrogens is 388 g/mol. The van der Waals surface area contributed by atoms with Gasteiger partial charge in [0.2, 0.25) is 0 Å². The van der Waals surface area contributed by atoms with Gasteiger partial charge in [-0.05, 0) is 69.0 Å². The number of likely N-dealkylation sites (N-methyl/N-ethyl adjacent to an activating group) is 1. The second-order valence-corrected chi connectivity index (χ2v) is 8.95. The smallest absolute Gasteiger partial charge is 0.264 e. The van der Waals surface area contributed by atoms with Crippen molar-refractivity contribution in [2.45, 2.75) is 38.5 Å². The average molecular weight is 417 g/mol. The van der Waals surface area contributed by atoms with E-state index >= 15 is 0 Å². The normalized spacial score (nSPS) is 13.7. The molecule has 1 heterocycles. The molecule has 3 rings (SSSR count). The number of aryl methyl sites for hydroxylation is 2. The fourth-order valence-electron chi connectivity index (χ4n) is 3.63. The topological polar surface area (TPSA) is 66.9 Å². The Labute approximate surface area is 173 Å². The molecular formula is C22H28N2O4S. The van der Waals surface area contributed by atoms with E-state index in [0.29, 0.717) is 30.9 Å². The van der Waals surface area contributed by atoms with E-state index in [4.69, 9.17) is 4.74 Å². The summed E-state index contributed by atoms with van der Waals surface area (Å²) in [6.07, 6.45) is 1.68. The van der Waals surface area contributed by atoms with Crippen LogP contribution in [0.2, 0.25) is 0 Å². The summed E-state index contributed by atoms with van der Waals surface area (Å²) < 4.78 is 33.7. The Hall–Kier alpha value is -2.54. The van der Waals surface area contributed by atoms with Crippen molar-refractivity contribution in [2.24, 2.45) is 0 Å². The van der Waals surface area contributed by atoms with Crippen molar-refractivity contribution in [3.8, 4) is 5.75 Å². The molecule has 0 unspecified atom stereocenters. The Kier molecular flexibility index (Phi) is 6.47. The standard InChI is InChI=1S/C22H28N2O4S/c1-4-23(5-2)22(25)16-28-21-13-12-19(15-17(21)3)29(26,27)24-14-8-10-18-9-6-7-11-20(18)24/h6-7,9,11-13,15H,4-5,8,10,14,16H2,1-3H3. The molecule has 0 saturated carbocycles. The molecule has 2 aromatic rings. The van der Waals surface area contributed by atoms with Gasteiger partial charge in [-0.1, -0.05) is 18.2 Å². The van der Waals surface area contributed by atoms with Crippen LogP contribution >= 0.6 is 0 Å². The molecule has 7 heteroatoms. The second kappa shape index (κ2) is 8.86. The van der Waals surface area contributed by atoms with Crippen molar-refractivity contribution in [3.05, 3.63) is 53.6 Å². The largest absolute Gasteiger partial charge is 0.483 e. The first-order valence-corrected chi connectivity index (χ1v) is 11.4. The minimum absolute atomic E-state index is 0.0614. The molecule has 0 saturated heterocycles. The fourth-order valence-corrected chi connectivity index (χ4v) is 5.25. The maximum Gasteiger partial charge on any atom is 0.264 e. The summed E-state index contributed by atoms with van der Waals surface area (Å²) in [6.45, 7) is 7.30. The number of hydrogen-bond donors (Lipinski definition) is 0. The number of anilines is 1. The zero-order valence-corrected chi connectivity index (χ0v) is 18.0. The molecule has 1 aliphatic heterocycles. The molecule has 156 valence electrons. The van der Waals surface area contributed by atoms with Gasteiger partial charge >= 0.3 is 0 Å². The van der Waals surface area contributed by atoms with Crippen LogP contribution in [0.4, 0.5) is 5.69 Å². The van der Waals surface area contributed by atoms with Crippen molar-refractivity contribution in [2.75, 3.05) is 30.5 Å². The molecule has 6 nitrogen and oxygen atoms in total. The van der Waals surface area contributed by atoms with Gasteiger partial charge in [-0.25, -0.2) is 8.42 Å². The van der Waals surface area contributed by atoms with Gasteiger partial charge in [-0.3, -0.25) is 9.10 Å². The lowest BCUT2D eigenvalue weighted by Gasteiger charge is -2.30. The van der Waals surface area contributed by atoms with Gasteiger partial charge in [0.15, 0.2) is 6.61 Å². The number of benzene rings is 2. The molecule has 0 aliphatic carbocycles. The minimum Gasteiger partial charge on any atom is -0.483 e. The highest BCUT2D eigenvalue weighted by atomic mass is 32.2. The van der Waals surface area contributed by atoms with Gasteiger partial charge in [0.05, 0.1) is 10.6 Å². The van der Waals surface area contributed by atoms with Crippen LogP contribution in [-0.2, 0) is 21.2 Å². The Bertz CT molecular complexity index is 984. The molecule has 0 bridgehead atoms. The third-order valence-electron chi connectivity index (χ3n) is 5.27. The average Bonchev–Trinajstić information content (AvgIpc) is 2.73. The van der Waals surface area contributed by atoms with E-state index < -0.39 is 10.0 Å². The summed E-state index contributed by atoms with van der Waals surface area (Å²) in [5.41, 5.74) is 2.49. The molecule has 0 aromatic heterocycles. The first-order valence-electron chi connectivity index (χ1n) is 10.00. The van der Waals surface area contributed by atoms with Crippen LogP contribution in [0.5, 0.6) is 5.75 Å². The highest BCUT2D eigenvalue weighted by Gasteiger charge is 2.29. The van der Waals surface area contributed by atoms with Gasteiger partial charge in [-0.15, -0.1) is 0 Å². The van der Waals surface area contributed by atoms with Gasteiger partial charge in [0.25, 0.3) is 15.9 Å². The van der Waals surface area contributed by atoms with E-state index in [-0.39, 0.29) is 17.4 Å². The lowest BCUT2D eigenvalue weighted by atomic mass is 10.0. The van der Waals surface area contributed by atoms with Gasteiger partial charge < -0.3 is 9.64 Å². The molecule has 1 amide bonds. The Morgan fingerprint density at radius 1 is 1.14 bits per heavy atom. The number of carbonyl (C=O) groups is 1. The van der Waals surface area contributed by atoms with Crippen LogP contribution in [0.25, 0.3) is 0 Å². The number of nitrogens with zero attached hydrogens (tertiary/aromatic N) is 2. The molecule has 0 radical (unpaired) electrons. The number of fused-ring (bicyclic) bond motifs is 1. The first-order chi connectivity index (χ1) is 13.9. The first kappa shape index (κ1) is 21.2. The predicted octanol–water partition coefficient (Wildman–Crippen LogP) is 3.38. The molecule has 1 aliphatic rings. The maximum absolute atomic E-state index is 13.3. The zero-order chi connectivity index (χ0) is 21.0. The van der Waals surface area contributed by atoms with Crippen LogP contribution in [0, 0.1) is 6.92 Å². The molecule has 29 heavy (non-hydrogen) atoms. The van der Waals surface area contributed by atoms with Crippen molar-refractivity contribution in [3.63, 3.8) is 0 Å². The summed E-state index contributed by atoms with van der Waals surface area (Å²) in [6, 6.07) is 12.4. The third kappa shape index (κ3) is 4.40. The quantitative estimate of drug-likeness (QED) is 0.694. The second-order valence-electron chi connectivity index (χ2n) is 7.09. The zero-order valence-electron chi connectivity index (χ0n) is 17.2. The maximum atomic E-state index is 13.3. The molecule has 0 N–H and O–H groups in total. The number of carbonyl (C=O) groups excluding carboxylic acids is 1. The van der Waals surface area contributed by atoms with Crippen molar-refractivity contribution in [1.82, 2.24) is 4.90 Å². The number of rotatable bonds is 7. The lowest BCUT2D eigenvalue weighted by Crippen LogP contribution is -2.35. The van der Waals surface area contributed by atoms with Crippen molar-refractivity contribution in [1.29, 1.82) is 0 Å². The van der Waals surface area contributed by atoms with E-state index in [1.54, 1.807) is 30.0 Å². The lowest BCUT2D eigenvalue weighted by molar-refractivity contribution is -0.132. The van der Waals surface area contributed by atoms with Crippen LogP contribution in [0.3, 0.4) is 0 Å². The SMILES string of the molecule is CCN(CC)C(=O)COc1ccc(S(=O)(=O)N2CCCc3ccccc32)cc1C. The summed E-state index contributed by atoms with van der Waals surface area (Å²) in [4.78, 5) is 14.1. The van der Waals surface area contributed by atoms with Crippen molar-refractivity contribution >= 4 is 21.6 Å². The molecule has 2 aromatic carbocycles. The van der Waals surface area contributed by atoms with E-state index in [9.17, 15) is 13.2 Å². The van der Waals surface area contributed by atoms with Gasteiger partial charge in [0, 0.05) is 19.6 Å². The van der Waals surface area contributed by atoms with Crippen molar-refractivity contribution < 1.29 is 17.9 Å². The highest BCUT2D eigenvalue weighted by Crippen LogP contribution is 2.33. The predicted molar refractivity (Wildman–Crippen MR) is 114 cm³/mol. The van der Waals surface area contributed by atoms with E-state index in [1.165, 1.54) is 4.31 Å². The molecule has 0 fully saturated rings. The van der Waals surface area contributed by atoms with E-state index in [1.807, 2.05) is 38.1 Å². The van der Waals surface area contributed by atoms with Crippen LogP contribution in [0.1, 0.15) is 31.4 Å². The number of hydrogen-bond acceptors (Lipinski definition) is 4. The highest BCUT2D eigenvalue weighted by molar-refractivity contribution is 7.92. The fraction of sp³-hybridized carbons (Fsp3) is 0.409. The monoisotopic (exact) mass is 416 g/mol. The Morgan fingerprint density at radius 2 is 1.86 bits per heavy atom. The summed E-state index contributed by atoms with van der Waals surface area (Å²) >= 11 is 0. The molecule has 0 spiro atoms. The summed E-state index contributed by atoms with van der Waals surface area (Å²) in [5, 5.41) is 0. The van der Waals surface area contributed by atoms with Gasteiger partial charge in [-0.2, -0.15) is 0 Å². The number of sulfonamides is 1. The third-order valence-corrected chi connectivity index (χ3v) is 7.08.